The molecule has 0 radical (unpaired) electrons. The molecule has 0 bridgehead atoms. The summed E-state index contributed by atoms with van der Waals surface area (Å²) in [7, 11) is 0. The van der Waals surface area contributed by atoms with Gasteiger partial charge in [-0.05, 0) is 96.3 Å². The van der Waals surface area contributed by atoms with Gasteiger partial charge in [-0.25, -0.2) is 0 Å². The summed E-state index contributed by atoms with van der Waals surface area (Å²) in [5.41, 5.74) is 0. The molecule has 0 aromatic heterocycles. The van der Waals surface area contributed by atoms with Gasteiger partial charge >= 0.3 is 17.9 Å². The largest absolute Gasteiger partial charge is 0.462 e. The molecule has 0 aliphatic carbocycles. The summed E-state index contributed by atoms with van der Waals surface area (Å²) in [6.45, 7) is 6.52. The third-order valence-electron chi connectivity index (χ3n) is 14.6. The average molecular weight is 1090 g/mol. The Bertz CT molecular complexity index is 1480. The van der Waals surface area contributed by atoms with Crippen LogP contribution in [-0.4, -0.2) is 37.2 Å². The lowest BCUT2D eigenvalue weighted by atomic mass is 10.0. The maximum absolute atomic E-state index is 12.9. The van der Waals surface area contributed by atoms with Crippen molar-refractivity contribution in [2.24, 2.45) is 0 Å². The number of carbonyl (C=O) groups excluding carboxylic acids is 3. The van der Waals surface area contributed by atoms with Crippen LogP contribution in [0.15, 0.2) is 85.1 Å². The normalized spacial score (nSPS) is 12.6. The highest BCUT2D eigenvalue weighted by molar-refractivity contribution is 5.71. The molecule has 1 atom stereocenters. The first-order valence-electron chi connectivity index (χ1n) is 33.6. The van der Waals surface area contributed by atoms with Gasteiger partial charge in [-0.1, -0.05) is 305 Å². The summed E-state index contributed by atoms with van der Waals surface area (Å²) in [6, 6.07) is 0. The van der Waals surface area contributed by atoms with Gasteiger partial charge in [0.25, 0.3) is 0 Å². The topological polar surface area (TPSA) is 78.9 Å². The molecule has 0 saturated carbocycles. The van der Waals surface area contributed by atoms with Crippen LogP contribution in [0.2, 0.25) is 0 Å². The van der Waals surface area contributed by atoms with Gasteiger partial charge in [0.15, 0.2) is 6.10 Å². The van der Waals surface area contributed by atoms with Crippen molar-refractivity contribution in [3.8, 4) is 0 Å². The predicted octanol–water partition coefficient (Wildman–Crippen LogP) is 23.1. The molecule has 0 rings (SSSR count). The molecule has 0 amide bonds. The van der Waals surface area contributed by atoms with Gasteiger partial charge in [0.05, 0.1) is 0 Å². The molecule has 0 aliphatic rings. The molecule has 1 unspecified atom stereocenters. The van der Waals surface area contributed by atoms with E-state index < -0.39 is 6.10 Å². The standard InChI is InChI=1S/C72H126O6/c1-4-7-10-13-16-19-22-25-27-29-31-33-35-36-38-39-41-43-45-47-50-53-56-59-62-65-71(74)77-68-69(67-76-70(73)64-61-58-55-52-49-24-21-18-15-12-9-6-3)78-72(75)66-63-60-57-54-51-48-46-44-42-40-37-34-32-30-28-26-23-20-17-14-11-8-5-2/h8,11,17-18,20-21,26,28,32,34,40,42,46,48,69H,4-7,9-10,12-16,19,22-25,27,29-31,33,35-39,41,43-45,47,49-68H2,1-3H3/b11-8-,20-17-,21-18-,28-26-,34-32-,42-40-,48-46-. The van der Waals surface area contributed by atoms with Gasteiger partial charge in [0.2, 0.25) is 0 Å². The van der Waals surface area contributed by atoms with Crippen molar-refractivity contribution >= 4 is 17.9 Å². The Labute approximate surface area is 484 Å². The molecule has 0 heterocycles. The highest BCUT2D eigenvalue weighted by Crippen LogP contribution is 2.17. The van der Waals surface area contributed by atoms with Gasteiger partial charge in [-0.15, -0.1) is 0 Å². The number of carbonyl (C=O) groups is 3. The van der Waals surface area contributed by atoms with Gasteiger partial charge in [-0.2, -0.15) is 0 Å². The van der Waals surface area contributed by atoms with Gasteiger partial charge in [-0.3, -0.25) is 14.4 Å². The zero-order chi connectivity index (χ0) is 56.4. The van der Waals surface area contributed by atoms with Gasteiger partial charge in [0.1, 0.15) is 13.2 Å². The number of hydrogen-bond donors (Lipinski definition) is 0. The second kappa shape index (κ2) is 66.1. The molecule has 0 saturated heterocycles. The minimum Gasteiger partial charge on any atom is -0.462 e. The summed E-state index contributed by atoms with van der Waals surface area (Å²) in [4.78, 5) is 38.3. The molecule has 0 aliphatic heterocycles. The fourth-order valence-electron chi connectivity index (χ4n) is 9.62. The van der Waals surface area contributed by atoms with Gasteiger partial charge in [0, 0.05) is 19.3 Å². The minimum absolute atomic E-state index is 0.0870. The van der Waals surface area contributed by atoms with E-state index in [0.717, 1.165) is 116 Å². The first-order chi connectivity index (χ1) is 38.5. The maximum Gasteiger partial charge on any atom is 0.306 e. The van der Waals surface area contributed by atoms with Crippen molar-refractivity contribution in [3.63, 3.8) is 0 Å². The van der Waals surface area contributed by atoms with Crippen LogP contribution in [-0.2, 0) is 28.6 Å². The Morgan fingerprint density at radius 2 is 0.500 bits per heavy atom. The van der Waals surface area contributed by atoms with Gasteiger partial charge < -0.3 is 14.2 Å². The smallest absolute Gasteiger partial charge is 0.306 e. The maximum atomic E-state index is 12.9. The molecule has 78 heavy (non-hydrogen) atoms. The van der Waals surface area contributed by atoms with Crippen molar-refractivity contribution in [1.29, 1.82) is 0 Å². The number of ether oxygens (including phenoxy) is 3. The van der Waals surface area contributed by atoms with E-state index in [-0.39, 0.29) is 31.1 Å². The molecule has 0 fully saturated rings. The van der Waals surface area contributed by atoms with E-state index in [9.17, 15) is 14.4 Å². The Morgan fingerprint density at radius 3 is 0.821 bits per heavy atom. The third-order valence-corrected chi connectivity index (χ3v) is 14.6. The lowest BCUT2D eigenvalue weighted by molar-refractivity contribution is -0.167. The highest BCUT2D eigenvalue weighted by atomic mass is 16.6. The summed E-state index contributed by atoms with van der Waals surface area (Å²) in [6.07, 6.45) is 87.5. The van der Waals surface area contributed by atoms with Crippen molar-refractivity contribution < 1.29 is 28.6 Å². The Balaban J connectivity index is 4.31. The Morgan fingerprint density at radius 1 is 0.269 bits per heavy atom. The van der Waals surface area contributed by atoms with Crippen molar-refractivity contribution in [2.45, 2.75) is 341 Å². The predicted molar refractivity (Wildman–Crippen MR) is 339 cm³/mol. The quantitative estimate of drug-likeness (QED) is 0.0261. The second-order valence-electron chi connectivity index (χ2n) is 22.4. The molecule has 0 N–H and O–H groups in total. The zero-order valence-electron chi connectivity index (χ0n) is 51.7. The van der Waals surface area contributed by atoms with Crippen molar-refractivity contribution in [2.75, 3.05) is 13.2 Å². The second-order valence-corrected chi connectivity index (χ2v) is 22.4. The average Bonchev–Trinajstić information content (AvgIpc) is 3.44. The van der Waals surface area contributed by atoms with Crippen LogP contribution in [0.5, 0.6) is 0 Å². The van der Waals surface area contributed by atoms with E-state index in [4.69, 9.17) is 14.2 Å². The summed E-state index contributed by atoms with van der Waals surface area (Å²) in [5, 5.41) is 0. The molecule has 450 valence electrons. The number of allylic oxidation sites excluding steroid dienone is 14. The first-order valence-corrected chi connectivity index (χ1v) is 33.6. The fourth-order valence-corrected chi connectivity index (χ4v) is 9.62. The number of rotatable bonds is 61. The lowest BCUT2D eigenvalue weighted by Gasteiger charge is -2.18. The van der Waals surface area contributed by atoms with E-state index in [1.165, 1.54) is 180 Å². The van der Waals surface area contributed by atoms with E-state index in [0.29, 0.717) is 19.3 Å². The number of unbranched alkanes of at least 4 members (excludes halogenated alkanes) is 36. The van der Waals surface area contributed by atoms with Crippen molar-refractivity contribution in [3.05, 3.63) is 85.1 Å². The highest BCUT2D eigenvalue weighted by Gasteiger charge is 2.19. The SMILES string of the molecule is CC/C=C\C/C=C\C/C=C\C/C=C\C/C=C\C/C=C\CCCCCCC(=O)OC(COC(=O)CCCCCCC/C=C\CCCCC)COC(=O)CCCCCCCCCCCCCCCCCCCCCCCCCCC. The van der Waals surface area contributed by atoms with Crippen LogP contribution < -0.4 is 0 Å². The van der Waals surface area contributed by atoms with Crippen LogP contribution >= 0.6 is 0 Å². The Hall–Kier alpha value is -3.41. The summed E-state index contributed by atoms with van der Waals surface area (Å²) >= 11 is 0. The van der Waals surface area contributed by atoms with Crippen molar-refractivity contribution in [1.82, 2.24) is 0 Å². The molecule has 0 spiro atoms. The third kappa shape index (κ3) is 63.4. The number of hydrogen-bond acceptors (Lipinski definition) is 6. The fraction of sp³-hybridized carbons (Fsp3) is 0.764. The lowest BCUT2D eigenvalue weighted by Crippen LogP contribution is -2.30. The summed E-state index contributed by atoms with van der Waals surface area (Å²) in [5.74, 6) is -0.907. The van der Waals surface area contributed by atoms with Crippen LogP contribution in [0.1, 0.15) is 335 Å². The number of esters is 3. The minimum atomic E-state index is -0.794. The molecule has 0 aromatic rings. The van der Waals surface area contributed by atoms with E-state index in [1.54, 1.807) is 0 Å². The van der Waals surface area contributed by atoms with E-state index in [2.05, 4.69) is 106 Å². The molecular weight excluding hydrogens is 961 g/mol. The van der Waals surface area contributed by atoms with Crippen LogP contribution in [0, 0.1) is 0 Å². The first kappa shape index (κ1) is 74.6. The van der Waals surface area contributed by atoms with E-state index in [1.807, 2.05) is 0 Å². The Kier molecular flexibility index (Phi) is 63.2. The molecule has 6 heteroatoms. The van der Waals surface area contributed by atoms with Crippen LogP contribution in [0.3, 0.4) is 0 Å². The molecule has 6 nitrogen and oxygen atoms in total. The van der Waals surface area contributed by atoms with Crippen LogP contribution in [0.25, 0.3) is 0 Å². The monoisotopic (exact) mass is 1090 g/mol. The van der Waals surface area contributed by atoms with E-state index >= 15 is 0 Å². The van der Waals surface area contributed by atoms with Crippen LogP contribution in [0.4, 0.5) is 0 Å². The molecular formula is C72H126O6. The summed E-state index contributed by atoms with van der Waals surface area (Å²) < 4.78 is 16.9. The zero-order valence-corrected chi connectivity index (χ0v) is 51.7. The molecule has 0 aromatic carbocycles.